The molecule has 38 heavy (non-hydrogen) atoms. The fourth-order valence-electron chi connectivity index (χ4n) is 4.83. The van der Waals surface area contributed by atoms with Crippen molar-refractivity contribution in [2.45, 2.75) is 58.6 Å². The Kier molecular flexibility index (Phi) is 11.3. The second-order valence-electron chi connectivity index (χ2n) is 9.39. The van der Waals surface area contributed by atoms with Crippen LogP contribution in [-0.4, -0.2) is 54.2 Å². The zero-order valence-electron chi connectivity index (χ0n) is 22.7. The molecule has 1 aliphatic carbocycles. The lowest BCUT2D eigenvalue weighted by molar-refractivity contribution is -0.117. The number of carbonyl (C=O) groups is 1. The van der Waals surface area contributed by atoms with Gasteiger partial charge in [-0.25, -0.2) is 4.98 Å². The van der Waals surface area contributed by atoms with Crippen molar-refractivity contribution in [3.8, 4) is 32.8 Å². The highest BCUT2D eigenvalue weighted by molar-refractivity contribution is 7.18. The number of benzene rings is 2. The molecule has 2 heterocycles. The van der Waals surface area contributed by atoms with Gasteiger partial charge in [0.1, 0.15) is 16.8 Å². The van der Waals surface area contributed by atoms with Crippen molar-refractivity contribution in [1.29, 1.82) is 5.26 Å². The second kappa shape index (κ2) is 14.6. The topological polar surface area (TPSA) is 98.5 Å². The predicted molar refractivity (Wildman–Crippen MR) is 153 cm³/mol. The number of nitrogens with zero attached hydrogens (tertiary/aromatic N) is 3. The van der Waals surface area contributed by atoms with E-state index in [1.807, 2.05) is 38.2 Å². The van der Waals surface area contributed by atoms with E-state index in [9.17, 15) is 10.1 Å². The highest BCUT2D eigenvalue weighted by Crippen LogP contribution is 2.41. The van der Waals surface area contributed by atoms with E-state index < -0.39 is 0 Å². The van der Waals surface area contributed by atoms with E-state index in [0.717, 1.165) is 56.6 Å². The van der Waals surface area contributed by atoms with Crippen molar-refractivity contribution in [2.75, 3.05) is 26.7 Å². The number of aromatic nitrogens is 1. The predicted octanol–water partition coefficient (Wildman–Crippen LogP) is 5.58. The molecule has 2 N–H and O–H groups in total. The van der Waals surface area contributed by atoms with Gasteiger partial charge in [0.2, 0.25) is 6.41 Å². The third-order valence-corrected chi connectivity index (χ3v) is 7.57. The van der Waals surface area contributed by atoms with Gasteiger partial charge in [-0.15, -0.1) is 11.3 Å². The maximum absolute atomic E-state index is 9.93. The number of likely N-dealkylation sites (tertiary alicyclic amines) is 1. The fourth-order valence-corrected chi connectivity index (χ4v) is 5.79. The first-order valence-electron chi connectivity index (χ1n) is 13.2. The second-order valence-corrected chi connectivity index (χ2v) is 10.4. The summed E-state index contributed by atoms with van der Waals surface area (Å²) in [7, 11) is 1.00. The molecule has 1 aliphatic heterocycles. The van der Waals surface area contributed by atoms with Gasteiger partial charge >= 0.3 is 0 Å². The van der Waals surface area contributed by atoms with E-state index in [1.54, 1.807) is 16.2 Å². The van der Waals surface area contributed by atoms with Gasteiger partial charge in [0.25, 0.3) is 0 Å². The Morgan fingerprint density at radius 1 is 1.26 bits per heavy atom. The number of rotatable bonds is 7. The molecule has 0 bridgehead atoms. The van der Waals surface area contributed by atoms with Crippen molar-refractivity contribution in [3.05, 3.63) is 59.3 Å². The standard InChI is InChI=1S/C24H25N3OS.C5H9NO.CH4O/c1-4-26-21-10-9-18-19(21)6-5-7-20(18)23-14-27-24(29-23)16-8-11-22(28-15(2)3)17(12-16)13-25;7-5-6-3-1-2-4-6;1-2/h5-8,11-12,14-15,21,26H,4,9-10H2,1-3H3;5H,1-4H2;2H,1H3. The minimum atomic E-state index is 0.0330. The van der Waals surface area contributed by atoms with Crippen LogP contribution in [0.2, 0.25) is 0 Å². The number of nitrogens with one attached hydrogen (secondary N) is 1. The van der Waals surface area contributed by atoms with E-state index in [0.29, 0.717) is 17.4 Å². The molecule has 1 atom stereocenters. The molecule has 3 aromatic rings. The van der Waals surface area contributed by atoms with Crippen LogP contribution in [0.4, 0.5) is 0 Å². The summed E-state index contributed by atoms with van der Waals surface area (Å²) < 4.78 is 5.74. The van der Waals surface area contributed by atoms with E-state index in [-0.39, 0.29) is 6.10 Å². The Hall–Kier alpha value is -3.25. The van der Waals surface area contributed by atoms with Crippen molar-refractivity contribution >= 4 is 17.7 Å². The van der Waals surface area contributed by atoms with Crippen molar-refractivity contribution in [1.82, 2.24) is 15.2 Å². The molecule has 7 nitrogen and oxygen atoms in total. The van der Waals surface area contributed by atoms with E-state index in [4.69, 9.17) is 9.84 Å². The van der Waals surface area contributed by atoms with Crippen LogP contribution in [0.15, 0.2) is 42.6 Å². The lowest BCUT2D eigenvalue weighted by Gasteiger charge is -2.13. The van der Waals surface area contributed by atoms with Gasteiger partial charge in [-0.3, -0.25) is 4.79 Å². The minimum Gasteiger partial charge on any atom is -0.490 e. The van der Waals surface area contributed by atoms with Crippen LogP contribution < -0.4 is 10.1 Å². The Balaban J connectivity index is 0.000000381. The average molecular weight is 535 g/mol. The number of carbonyl (C=O) groups excluding carboxylic acids is 1. The number of amides is 1. The van der Waals surface area contributed by atoms with E-state index >= 15 is 0 Å². The van der Waals surface area contributed by atoms with E-state index in [1.165, 1.54) is 34.4 Å². The number of ether oxygens (including phenoxy) is 1. The summed E-state index contributed by atoms with van der Waals surface area (Å²) in [6.07, 6.45) is 7.54. The maximum Gasteiger partial charge on any atom is 0.209 e. The number of nitriles is 1. The Morgan fingerprint density at radius 3 is 2.66 bits per heavy atom. The molecule has 1 aromatic heterocycles. The summed E-state index contributed by atoms with van der Waals surface area (Å²) >= 11 is 1.68. The summed E-state index contributed by atoms with van der Waals surface area (Å²) in [6, 6.07) is 15.0. The number of thiazole rings is 1. The average Bonchev–Trinajstić information content (AvgIpc) is 3.72. The molecule has 1 unspecified atom stereocenters. The SMILES string of the molecule is CCNC1CCc2c(-c3cnc(-c4ccc(OC(C)C)c(C#N)c4)s3)cccc21.CO.O=CN1CCCC1. The Bertz CT molecular complexity index is 1230. The molecule has 2 aromatic carbocycles. The zero-order chi connectivity index (χ0) is 27.5. The highest BCUT2D eigenvalue weighted by Gasteiger charge is 2.25. The number of aliphatic hydroxyl groups is 1. The van der Waals surface area contributed by atoms with Crippen LogP contribution in [0.3, 0.4) is 0 Å². The van der Waals surface area contributed by atoms with Gasteiger partial charge in [0.15, 0.2) is 0 Å². The molecule has 202 valence electrons. The normalized spacial score (nSPS) is 15.6. The molecule has 2 aliphatic rings. The monoisotopic (exact) mass is 534 g/mol. The third kappa shape index (κ3) is 7.19. The quantitative estimate of drug-likeness (QED) is 0.384. The first-order chi connectivity index (χ1) is 18.5. The summed E-state index contributed by atoms with van der Waals surface area (Å²) in [6.45, 7) is 9.01. The number of fused-ring (bicyclic) bond motifs is 1. The van der Waals surface area contributed by atoms with Crippen LogP contribution in [0.5, 0.6) is 5.75 Å². The number of aliphatic hydroxyl groups excluding tert-OH is 1. The van der Waals surface area contributed by atoms with Crippen LogP contribution in [0.1, 0.15) is 62.8 Å². The number of hydrogen-bond donors (Lipinski definition) is 2. The van der Waals surface area contributed by atoms with Gasteiger partial charge in [-0.2, -0.15) is 5.26 Å². The zero-order valence-corrected chi connectivity index (χ0v) is 23.6. The highest BCUT2D eigenvalue weighted by atomic mass is 32.1. The van der Waals surface area contributed by atoms with Gasteiger partial charge < -0.3 is 20.1 Å². The van der Waals surface area contributed by atoms with Crippen LogP contribution in [-0.2, 0) is 11.2 Å². The third-order valence-electron chi connectivity index (χ3n) is 6.49. The van der Waals surface area contributed by atoms with Crippen LogP contribution >= 0.6 is 11.3 Å². The molecule has 1 fully saturated rings. The summed E-state index contributed by atoms with van der Waals surface area (Å²) in [4.78, 5) is 17.6. The van der Waals surface area contributed by atoms with Crippen LogP contribution in [0.25, 0.3) is 21.0 Å². The summed E-state index contributed by atoms with van der Waals surface area (Å²) in [5.74, 6) is 0.623. The van der Waals surface area contributed by atoms with Gasteiger partial charge in [-0.1, -0.05) is 25.1 Å². The molecule has 0 saturated carbocycles. The molecule has 8 heteroatoms. The smallest absolute Gasteiger partial charge is 0.209 e. The van der Waals surface area contributed by atoms with Crippen molar-refractivity contribution < 1.29 is 14.6 Å². The lowest BCUT2D eigenvalue weighted by atomic mass is 10.0. The Morgan fingerprint density at radius 2 is 2.03 bits per heavy atom. The lowest BCUT2D eigenvalue weighted by Crippen LogP contribution is -2.18. The molecule has 0 radical (unpaired) electrons. The molecule has 1 amide bonds. The number of hydrogen-bond acceptors (Lipinski definition) is 7. The molecule has 1 saturated heterocycles. The largest absolute Gasteiger partial charge is 0.490 e. The van der Waals surface area contributed by atoms with Gasteiger partial charge in [-0.05, 0) is 81.0 Å². The molecule has 0 spiro atoms. The van der Waals surface area contributed by atoms with Crippen molar-refractivity contribution in [2.24, 2.45) is 0 Å². The van der Waals surface area contributed by atoms with Crippen molar-refractivity contribution in [3.63, 3.8) is 0 Å². The molecular weight excluding hydrogens is 496 g/mol. The maximum atomic E-state index is 9.93. The Labute approximate surface area is 230 Å². The van der Waals surface area contributed by atoms with Crippen LogP contribution in [0, 0.1) is 11.3 Å². The van der Waals surface area contributed by atoms with Gasteiger partial charge in [0.05, 0.1) is 16.5 Å². The fraction of sp³-hybridized carbons (Fsp3) is 0.433. The molecule has 5 rings (SSSR count). The van der Waals surface area contributed by atoms with E-state index in [2.05, 4.69) is 41.5 Å². The summed E-state index contributed by atoms with van der Waals surface area (Å²) in [5, 5.41) is 21.0. The first kappa shape index (κ1) is 29.3. The summed E-state index contributed by atoms with van der Waals surface area (Å²) in [5.41, 5.74) is 5.63. The minimum absolute atomic E-state index is 0.0330. The van der Waals surface area contributed by atoms with Gasteiger partial charge in [0, 0.05) is 38.0 Å². The molecular formula is C30H38N4O3S. The first-order valence-corrected chi connectivity index (χ1v) is 14.0.